The van der Waals surface area contributed by atoms with E-state index in [0.717, 1.165) is 23.4 Å². The van der Waals surface area contributed by atoms with Gasteiger partial charge in [-0.25, -0.2) is 9.97 Å². The summed E-state index contributed by atoms with van der Waals surface area (Å²) in [6.07, 6.45) is 0. The molecule has 0 aliphatic carbocycles. The lowest BCUT2D eigenvalue weighted by atomic mass is 10.3. The van der Waals surface area contributed by atoms with Crippen LogP contribution in [0.5, 0.6) is 0 Å². The van der Waals surface area contributed by atoms with Crippen LogP contribution in [-0.2, 0) is 6.54 Å². The molecule has 92 valence electrons. The van der Waals surface area contributed by atoms with Crippen molar-refractivity contribution in [2.45, 2.75) is 20.4 Å². The summed E-state index contributed by atoms with van der Waals surface area (Å²) >= 11 is 1.74. The van der Waals surface area contributed by atoms with Crippen molar-refractivity contribution in [3.63, 3.8) is 0 Å². The molecule has 0 amide bonds. The Bertz CT molecular complexity index is 711. The minimum atomic E-state index is 0.524. The Morgan fingerprint density at radius 3 is 2.78 bits per heavy atom. The fraction of sp³-hybridized carbons (Fsp3) is 0.231. The van der Waals surface area contributed by atoms with Crippen molar-refractivity contribution >= 4 is 28.4 Å². The van der Waals surface area contributed by atoms with Gasteiger partial charge in [-0.3, -0.25) is 4.57 Å². The number of aromatic nitrogens is 3. The summed E-state index contributed by atoms with van der Waals surface area (Å²) in [7, 11) is 0. The molecule has 3 aromatic heterocycles. The Balaban J connectivity index is 2.13. The van der Waals surface area contributed by atoms with E-state index in [9.17, 15) is 0 Å². The van der Waals surface area contributed by atoms with E-state index in [1.165, 1.54) is 10.4 Å². The van der Waals surface area contributed by atoms with E-state index in [1.54, 1.807) is 11.3 Å². The molecule has 0 bridgehead atoms. The molecule has 0 saturated heterocycles. The highest BCUT2D eigenvalue weighted by Gasteiger charge is 2.11. The molecule has 3 rings (SSSR count). The van der Waals surface area contributed by atoms with Crippen molar-refractivity contribution in [2.75, 3.05) is 5.73 Å². The summed E-state index contributed by atoms with van der Waals surface area (Å²) in [5, 5.41) is 2.10. The highest BCUT2D eigenvalue weighted by Crippen LogP contribution is 2.22. The van der Waals surface area contributed by atoms with Gasteiger partial charge in [-0.05, 0) is 43.0 Å². The number of nitrogens with zero attached hydrogens (tertiary/aromatic N) is 3. The van der Waals surface area contributed by atoms with Crippen LogP contribution in [0.3, 0.4) is 0 Å². The number of hydrogen-bond acceptors (Lipinski definition) is 4. The van der Waals surface area contributed by atoms with E-state index in [4.69, 9.17) is 5.73 Å². The van der Waals surface area contributed by atoms with Crippen LogP contribution in [0, 0.1) is 13.8 Å². The third-order valence-electron chi connectivity index (χ3n) is 3.03. The van der Waals surface area contributed by atoms with Crippen LogP contribution in [0.2, 0.25) is 0 Å². The highest BCUT2D eigenvalue weighted by molar-refractivity contribution is 7.10. The lowest BCUT2D eigenvalue weighted by Crippen LogP contribution is -2.05. The Kier molecular flexibility index (Phi) is 2.56. The van der Waals surface area contributed by atoms with Crippen molar-refractivity contribution < 1.29 is 0 Å². The van der Waals surface area contributed by atoms with Crippen molar-refractivity contribution in [2.24, 2.45) is 0 Å². The standard InChI is InChI=1S/C13H14N4S/c1-8-5-6-18-11(8)7-17-12-10(16-13(17)14)4-3-9(2)15-12/h3-6H,7H2,1-2H3,(H2,14,16). The van der Waals surface area contributed by atoms with Crippen LogP contribution in [0.15, 0.2) is 23.6 Å². The fourth-order valence-corrected chi connectivity index (χ4v) is 2.87. The molecule has 18 heavy (non-hydrogen) atoms. The molecule has 0 atom stereocenters. The second-order valence-electron chi connectivity index (χ2n) is 4.38. The minimum absolute atomic E-state index is 0.524. The van der Waals surface area contributed by atoms with E-state index in [0.29, 0.717) is 5.95 Å². The van der Waals surface area contributed by atoms with E-state index < -0.39 is 0 Å². The van der Waals surface area contributed by atoms with Gasteiger partial charge in [0.25, 0.3) is 0 Å². The van der Waals surface area contributed by atoms with Crippen LogP contribution < -0.4 is 5.73 Å². The molecular weight excluding hydrogens is 244 g/mol. The average Bonchev–Trinajstić information content (AvgIpc) is 2.86. The monoisotopic (exact) mass is 258 g/mol. The Morgan fingerprint density at radius 1 is 1.22 bits per heavy atom. The average molecular weight is 258 g/mol. The van der Waals surface area contributed by atoms with Gasteiger partial charge in [0.2, 0.25) is 5.95 Å². The van der Waals surface area contributed by atoms with Crippen LogP contribution in [-0.4, -0.2) is 14.5 Å². The van der Waals surface area contributed by atoms with Crippen LogP contribution in [0.1, 0.15) is 16.1 Å². The van der Waals surface area contributed by atoms with Crippen molar-refractivity contribution in [1.82, 2.24) is 14.5 Å². The normalized spacial score (nSPS) is 11.2. The van der Waals surface area contributed by atoms with Crippen LogP contribution in [0.4, 0.5) is 5.95 Å². The topological polar surface area (TPSA) is 56.7 Å². The SMILES string of the molecule is Cc1ccc2nc(N)n(Cc3sccc3C)c2n1. The fourth-order valence-electron chi connectivity index (χ4n) is 1.98. The zero-order valence-corrected chi connectivity index (χ0v) is 11.2. The summed E-state index contributed by atoms with van der Waals surface area (Å²) in [4.78, 5) is 10.2. The second-order valence-corrected chi connectivity index (χ2v) is 5.38. The van der Waals surface area contributed by atoms with Crippen molar-refractivity contribution in [3.8, 4) is 0 Å². The molecule has 4 nitrogen and oxygen atoms in total. The zero-order valence-electron chi connectivity index (χ0n) is 10.3. The molecule has 5 heteroatoms. The number of pyridine rings is 1. The number of imidazole rings is 1. The van der Waals surface area contributed by atoms with Gasteiger partial charge in [-0.1, -0.05) is 0 Å². The maximum absolute atomic E-state index is 5.99. The summed E-state index contributed by atoms with van der Waals surface area (Å²) in [6.45, 7) is 4.82. The predicted molar refractivity (Wildman–Crippen MR) is 74.8 cm³/mol. The molecule has 3 aromatic rings. The Labute approximate surface area is 109 Å². The van der Waals surface area contributed by atoms with Crippen molar-refractivity contribution in [1.29, 1.82) is 0 Å². The number of hydrogen-bond donors (Lipinski definition) is 1. The molecule has 0 aromatic carbocycles. The molecule has 0 aliphatic heterocycles. The summed E-state index contributed by atoms with van der Waals surface area (Å²) in [6, 6.07) is 6.04. The third kappa shape index (κ3) is 1.76. The number of nitrogen functional groups attached to an aromatic ring is 1. The smallest absolute Gasteiger partial charge is 0.202 e. The molecule has 0 unspecified atom stereocenters. The van der Waals surface area contributed by atoms with Crippen molar-refractivity contribution in [3.05, 3.63) is 39.7 Å². The summed E-state index contributed by atoms with van der Waals surface area (Å²) < 4.78 is 1.97. The first-order valence-corrected chi connectivity index (χ1v) is 6.65. The van der Waals surface area contributed by atoms with E-state index in [2.05, 4.69) is 28.3 Å². The van der Waals surface area contributed by atoms with Crippen LogP contribution >= 0.6 is 11.3 Å². The van der Waals surface area contributed by atoms with E-state index in [1.807, 2.05) is 23.6 Å². The molecule has 0 radical (unpaired) electrons. The summed E-state index contributed by atoms with van der Waals surface area (Å²) in [5.41, 5.74) is 9.97. The number of fused-ring (bicyclic) bond motifs is 1. The number of thiophene rings is 1. The molecule has 0 saturated carbocycles. The first-order valence-electron chi connectivity index (χ1n) is 5.77. The van der Waals surface area contributed by atoms with Gasteiger partial charge in [-0.15, -0.1) is 11.3 Å². The first kappa shape index (κ1) is 11.2. The second kappa shape index (κ2) is 4.10. The number of anilines is 1. The van der Waals surface area contributed by atoms with E-state index in [-0.39, 0.29) is 0 Å². The largest absolute Gasteiger partial charge is 0.369 e. The molecular formula is C13H14N4S. The lowest BCUT2D eigenvalue weighted by molar-refractivity contribution is 0.835. The van der Waals surface area contributed by atoms with Crippen LogP contribution in [0.25, 0.3) is 11.2 Å². The zero-order chi connectivity index (χ0) is 12.7. The first-order chi connectivity index (χ1) is 8.65. The Morgan fingerprint density at radius 2 is 2.06 bits per heavy atom. The number of aryl methyl sites for hydroxylation is 2. The van der Waals surface area contributed by atoms with Gasteiger partial charge in [0.15, 0.2) is 5.65 Å². The maximum Gasteiger partial charge on any atom is 0.202 e. The summed E-state index contributed by atoms with van der Waals surface area (Å²) in [5.74, 6) is 0.524. The predicted octanol–water partition coefficient (Wildman–Crippen LogP) is 2.74. The number of nitrogens with two attached hydrogens (primary N) is 1. The van der Waals surface area contributed by atoms with Gasteiger partial charge in [0.1, 0.15) is 5.52 Å². The van der Waals surface area contributed by atoms with Gasteiger partial charge in [0.05, 0.1) is 6.54 Å². The molecule has 0 spiro atoms. The van der Waals surface area contributed by atoms with Gasteiger partial charge in [0, 0.05) is 10.6 Å². The molecule has 0 fully saturated rings. The molecule has 2 N–H and O–H groups in total. The van der Waals surface area contributed by atoms with Gasteiger partial charge in [-0.2, -0.15) is 0 Å². The molecule has 0 aliphatic rings. The van der Waals surface area contributed by atoms with E-state index >= 15 is 0 Å². The molecule has 3 heterocycles. The lowest BCUT2D eigenvalue weighted by Gasteiger charge is -2.05. The Hall–Kier alpha value is -1.88. The maximum atomic E-state index is 5.99. The van der Waals surface area contributed by atoms with Gasteiger partial charge < -0.3 is 5.73 Å². The third-order valence-corrected chi connectivity index (χ3v) is 4.04. The quantitative estimate of drug-likeness (QED) is 0.769. The highest BCUT2D eigenvalue weighted by atomic mass is 32.1. The van der Waals surface area contributed by atoms with Gasteiger partial charge >= 0.3 is 0 Å². The number of rotatable bonds is 2. The minimum Gasteiger partial charge on any atom is -0.369 e.